The molecule has 0 saturated carbocycles. The van der Waals surface area contributed by atoms with E-state index in [0.29, 0.717) is 0 Å². The van der Waals surface area contributed by atoms with E-state index in [4.69, 9.17) is 0 Å². The minimum atomic E-state index is 0.173. The maximum atomic E-state index is 3.61. The highest BCUT2D eigenvalue weighted by atomic mass is 14.4. The molecule has 0 aliphatic heterocycles. The van der Waals surface area contributed by atoms with E-state index in [1.807, 2.05) is 42.5 Å². The Labute approximate surface area is 168 Å². The molecule has 0 fully saturated rings. The predicted molar refractivity (Wildman–Crippen MR) is 117 cm³/mol. The summed E-state index contributed by atoms with van der Waals surface area (Å²) in [4.78, 5) is 0. The van der Waals surface area contributed by atoms with Crippen LogP contribution in [0.25, 0.3) is 0 Å². The van der Waals surface area contributed by atoms with Gasteiger partial charge in [-0.2, -0.15) is 0 Å². The van der Waals surface area contributed by atoms with Crippen LogP contribution in [-0.2, 0) is 6.42 Å². The van der Waals surface area contributed by atoms with Crippen LogP contribution in [0.4, 0.5) is 0 Å². The number of aryl methyl sites for hydroxylation is 1. The molecule has 0 saturated heterocycles. The summed E-state index contributed by atoms with van der Waals surface area (Å²) in [5.74, 6) is 13.9. The van der Waals surface area contributed by atoms with Gasteiger partial charge in [-0.05, 0) is 53.6 Å². The second kappa shape index (κ2) is 7.80. The molecule has 136 valence electrons. The fraction of sp³-hybridized carbons (Fsp3) is 0.214. The Balaban J connectivity index is 1.70. The lowest BCUT2D eigenvalue weighted by atomic mass is 9.66. The van der Waals surface area contributed by atoms with Crippen molar-refractivity contribution in [1.82, 2.24) is 0 Å². The van der Waals surface area contributed by atoms with Crippen LogP contribution in [0.3, 0.4) is 0 Å². The summed E-state index contributed by atoms with van der Waals surface area (Å²) in [5, 5.41) is 0. The van der Waals surface area contributed by atoms with Gasteiger partial charge in [0.25, 0.3) is 0 Å². The van der Waals surface area contributed by atoms with Crippen molar-refractivity contribution in [3.63, 3.8) is 0 Å². The highest BCUT2D eigenvalue weighted by molar-refractivity contribution is 5.53. The molecule has 1 unspecified atom stereocenters. The Bertz CT molecular complexity index is 1100. The molecule has 3 aromatic rings. The van der Waals surface area contributed by atoms with E-state index in [1.54, 1.807) is 0 Å². The number of fused-ring (bicyclic) bond motifs is 1. The number of benzene rings is 3. The molecule has 1 atom stereocenters. The molecule has 0 spiro atoms. The fourth-order valence-corrected chi connectivity index (χ4v) is 3.85. The monoisotopic (exact) mass is 360 g/mol. The smallest absolute Gasteiger partial charge is 0.0509 e. The lowest BCUT2D eigenvalue weighted by Crippen LogP contribution is -2.27. The quantitative estimate of drug-likeness (QED) is 0.419. The van der Waals surface area contributed by atoms with Gasteiger partial charge in [-0.15, -0.1) is 0 Å². The van der Waals surface area contributed by atoms with E-state index in [0.717, 1.165) is 23.1 Å². The molecule has 0 radical (unpaired) electrons. The maximum absolute atomic E-state index is 3.61. The van der Waals surface area contributed by atoms with Gasteiger partial charge in [0.15, 0.2) is 0 Å². The van der Waals surface area contributed by atoms with Crippen molar-refractivity contribution in [3.05, 3.63) is 107 Å². The summed E-state index contributed by atoms with van der Waals surface area (Å²) in [6, 6.07) is 27.1. The van der Waals surface area contributed by atoms with Gasteiger partial charge >= 0.3 is 0 Å². The minimum Gasteiger partial charge on any atom is -0.0891 e. The van der Waals surface area contributed by atoms with Gasteiger partial charge in [0.1, 0.15) is 0 Å². The van der Waals surface area contributed by atoms with Crippen LogP contribution in [0.15, 0.2) is 78.9 Å². The first kappa shape index (κ1) is 18.2. The summed E-state index contributed by atoms with van der Waals surface area (Å²) in [5.41, 5.74) is 6.02. The zero-order valence-corrected chi connectivity index (χ0v) is 16.5. The molecular weight excluding hydrogens is 336 g/mol. The Kier molecular flexibility index (Phi) is 5.06. The van der Waals surface area contributed by atoms with Gasteiger partial charge in [-0.25, -0.2) is 0 Å². The van der Waals surface area contributed by atoms with Crippen molar-refractivity contribution < 1.29 is 0 Å². The first-order valence-electron chi connectivity index (χ1n) is 9.89. The molecular formula is C28H24. The van der Waals surface area contributed by atoms with E-state index in [1.165, 1.54) is 17.5 Å². The molecule has 1 aliphatic carbocycles. The summed E-state index contributed by atoms with van der Waals surface area (Å²) in [7, 11) is 0. The molecule has 3 aromatic carbocycles. The zero-order chi connectivity index (χ0) is 19.4. The van der Waals surface area contributed by atoms with E-state index >= 15 is 0 Å². The van der Waals surface area contributed by atoms with Gasteiger partial charge < -0.3 is 0 Å². The van der Waals surface area contributed by atoms with Crippen LogP contribution in [-0.4, -0.2) is 0 Å². The van der Waals surface area contributed by atoms with Crippen LogP contribution in [0.5, 0.6) is 0 Å². The topological polar surface area (TPSA) is 0 Å². The summed E-state index contributed by atoms with van der Waals surface area (Å²) >= 11 is 0. The van der Waals surface area contributed by atoms with E-state index in [9.17, 15) is 0 Å². The Morgan fingerprint density at radius 3 is 2.14 bits per heavy atom. The van der Waals surface area contributed by atoms with Gasteiger partial charge in [-0.3, -0.25) is 0 Å². The molecule has 28 heavy (non-hydrogen) atoms. The second-order valence-electron chi connectivity index (χ2n) is 8.05. The number of rotatable bonds is 0. The van der Waals surface area contributed by atoms with Crippen LogP contribution in [0.2, 0.25) is 0 Å². The average Bonchev–Trinajstić information content (AvgIpc) is 2.73. The molecule has 1 aliphatic rings. The second-order valence-corrected chi connectivity index (χ2v) is 8.05. The third-order valence-corrected chi connectivity index (χ3v) is 5.58. The highest BCUT2D eigenvalue weighted by Crippen LogP contribution is 2.44. The van der Waals surface area contributed by atoms with Crippen LogP contribution >= 0.6 is 0 Å². The third-order valence-electron chi connectivity index (χ3n) is 5.58. The van der Waals surface area contributed by atoms with Crippen molar-refractivity contribution in [2.24, 2.45) is 5.41 Å². The van der Waals surface area contributed by atoms with Gasteiger partial charge in [0.05, 0.1) is 5.92 Å². The average molecular weight is 361 g/mol. The summed E-state index contributed by atoms with van der Waals surface area (Å²) in [6.07, 6.45) is 2.30. The van der Waals surface area contributed by atoms with Crippen LogP contribution in [0.1, 0.15) is 54.0 Å². The normalized spacial score (nSPS) is 16.7. The van der Waals surface area contributed by atoms with Crippen molar-refractivity contribution in [3.8, 4) is 23.7 Å². The Morgan fingerprint density at radius 2 is 1.36 bits per heavy atom. The van der Waals surface area contributed by atoms with Gasteiger partial charge in [-0.1, -0.05) is 92.1 Å². The lowest BCUT2D eigenvalue weighted by Gasteiger charge is -2.37. The highest BCUT2D eigenvalue weighted by Gasteiger charge is 2.34. The molecule has 0 heteroatoms. The molecule has 0 nitrogen and oxygen atoms in total. The largest absolute Gasteiger partial charge is 0.0891 e. The Hall–Kier alpha value is -3.22. The molecule has 0 amide bonds. The standard InChI is InChI=1S/C28H24/c1-28(2)21-20-25-14-8-9-15-26(25)27(28)19-18-24-13-7-6-12-23(24)17-16-22-10-4-3-5-11-22/h3-15,27H,20-21H2,1-2H3. The lowest BCUT2D eigenvalue weighted by molar-refractivity contribution is 0.287. The first-order chi connectivity index (χ1) is 13.6. The molecule has 4 rings (SSSR count). The molecule has 0 N–H and O–H groups in total. The number of hydrogen-bond acceptors (Lipinski definition) is 0. The maximum Gasteiger partial charge on any atom is 0.0509 e. The third kappa shape index (κ3) is 3.88. The van der Waals surface area contributed by atoms with Gasteiger partial charge in [0.2, 0.25) is 0 Å². The molecule has 0 aromatic heterocycles. The van der Waals surface area contributed by atoms with E-state index in [2.05, 4.69) is 73.9 Å². The Morgan fingerprint density at radius 1 is 0.714 bits per heavy atom. The van der Waals surface area contributed by atoms with Crippen LogP contribution < -0.4 is 0 Å². The van der Waals surface area contributed by atoms with Crippen molar-refractivity contribution in [1.29, 1.82) is 0 Å². The van der Waals surface area contributed by atoms with Crippen molar-refractivity contribution in [2.75, 3.05) is 0 Å². The zero-order valence-electron chi connectivity index (χ0n) is 16.5. The van der Waals surface area contributed by atoms with E-state index in [-0.39, 0.29) is 11.3 Å². The van der Waals surface area contributed by atoms with Crippen molar-refractivity contribution >= 4 is 0 Å². The predicted octanol–water partition coefficient (Wildman–Crippen LogP) is 6.19. The van der Waals surface area contributed by atoms with Gasteiger partial charge in [0, 0.05) is 16.7 Å². The SMILES string of the molecule is CC1(C)CCc2ccccc2C1C#Cc1ccccc1C#Cc1ccccc1. The van der Waals surface area contributed by atoms with Crippen LogP contribution in [0, 0.1) is 29.1 Å². The summed E-state index contributed by atoms with van der Waals surface area (Å²) in [6.45, 7) is 4.67. The number of hydrogen-bond donors (Lipinski definition) is 0. The first-order valence-corrected chi connectivity index (χ1v) is 9.89. The minimum absolute atomic E-state index is 0.173. The summed E-state index contributed by atoms with van der Waals surface area (Å²) < 4.78 is 0. The molecule has 0 heterocycles. The van der Waals surface area contributed by atoms with E-state index < -0.39 is 0 Å². The molecule has 0 bridgehead atoms. The van der Waals surface area contributed by atoms with Crippen molar-refractivity contribution in [2.45, 2.75) is 32.6 Å². The fourth-order valence-electron chi connectivity index (χ4n) is 3.85.